The number of nitrogens with one attached hydrogen (secondary N) is 1. The van der Waals surface area contributed by atoms with Crippen molar-refractivity contribution < 1.29 is 4.79 Å². The standard InChI is InChI=1S/C18H26N2OS/c1-14-5-3-12-20(17(14)21)16-8-6-15(7-9-16)18(10-4-11-18)13-19-22-2/h6-9,14,19H,3-5,10-13H2,1-2H3. The van der Waals surface area contributed by atoms with E-state index in [0.717, 1.165) is 31.6 Å². The second-order valence-electron chi connectivity index (χ2n) is 6.74. The minimum Gasteiger partial charge on any atom is -0.312 e. The van der Waals surface area contributed by atoms with Crippen molar-refractivity contribution in [2.75, 3.05) is 24.2 Å². The number of piperidine rings is 1. The summed E-state index contributed by atoms with van der Waals surface area (Å²) in [7, 11) is 0. The molecule has 1 aromatic carbocycles. The second-order valence-corrected chi connectivity index (χ2v) is 7.44. The van der Waals surface area contributed by atoms with Crippen molar-refractivity contribution in [1.29, 1.82) is 0 Å². The first kappa shape index (κ1) is 15.9. The zero-order chi connectivity index (χ0) is 15.6. The molecule has 1 heterocycles. The molecule has 1 saturated heterocycles. The third-order valence-corrected chi connectivity index (χ3v) is 5.80. The van der Waals surface area contributed by atoms with E-state index >= 15 is 0 Å². The molecule has 2 fully saturated rings. The van der Waals surface area contributed by atoms with Crippen LogP contribution in [0.15, 0.2) is 24.3 Å². The third kappa shape index (κ3) is 2.91. The van der Waals surface area contributed by atoms with E-state index in [4.69, 9.17) is 0 Å². The van der Waals surface area contributed by atoms with Gasteiger partial charge in [-0.25, -0.2) is 0 Å². The molecule has 120 valence electrons. The molecule has 1 aliphatic carbocycles. The number of carbonyl (C=O) groups is 1. The summed E-state index contributed by atoms with van der Waals surface area (Å²) in [5, 5.41) is 0. The van der Waals surface area contributed by atoms with Crippen molar-refractivity contribution in [2.24, 2.45) is 5.92 Å². The fraction of sp³-hybridized carbons (Fsp3) is 0.611. The molecule has 1 N–H and O–H groups in total. The van der Waals surface area contributed by atoms with E-state index in [2.05, 4.69) is 35.2 Å². The van der Waals surface area contributed by atoms with E-state index in [9.17, 15) is 4.79 Å². The van der Waals surface area contributed by atoms with Crippen LogP contribution in [0, 0.1) is 5.92 Å². The molecular weight excluding hydrogens is 292 g/mol. The Hall–Kier alpha value is -1.00. The molecule has 1 atom stereocenters. The maximum Gasteiger partial charge on any atom is 0.229 e. The van der Waals surface area contributed by atoms with Crippen LogP contribution < -0.4 is 9.62 Å². The normalized spacial score (nSPS) is 24.2. The Balaban J connectivity index is 1.76. The molecule has 2 aliphatic rings. The molecule has 0 radical (unpaired) electrons. The van der Waals surface area contributed by atoms with E-state index < -0.39 is 0 Å². The molecule has 0 spiro atoms. The average molecular weight is 318 g/mol. The van der Waals surface area contributed by atoms with Gasteiger partial charge in [0, 0.05) is 30.1 Å². The van der Waals surface area contributed by atoms with Crippen LogP contribution in [0.1, 0.15) is 44.6 Å². The van der Waals surface area contributed by atoms with E-state index in [1.165, 1.54) is 24.8 Å². The zero-order valence-electron chi connectivity index (χ0n) is 13.6. The summed E-state index contributed by atoms with van der Waals surface area (Å²) in [6.45, 7) is 3.94. The molecule has 3 rings (SSSR count). The number of carbonyl (C=O) groups excluding carboxylic acids is 1. The number of benzene rings is 1. The lowest BCUT2D eigenvalue weighted by Gasteiger charge is -2.42. The molecule has 1 saturated carbocycles. The van der Waals surface area contributed by atoms with Crippen molar-refractivity contribution in [2.45, 2.75) is 44.4 Å². The Kier molecular flexibility index (Phi) is 4.79. The van der Waals surface area contributed by atoms with Gasteiger partial charge in [-0.05, 0) is 49.6 Å². The second kappa shape index (κ2) is 6.63. The Morgan fingerprint density at radius 1 is 1.27 bits per heavy atom. The minimum absolute atomic E-state index is 0.164. The van der Waals surface area contributed by atoms with E-state index in [1.54, 1.807) is 11.9 Å². The molecule has 0 aromatic heterocycles. The Morgan fingerprint density at radius 2 is 2.00 bits per heavy atom. The van der Waals surface area contributed by atoms with Gasteiger partial charge < -0.3 is 4.90 Å². The van der Waals surface area contributed by atoms with Crippen LogP contribution in [0.4, 0.5) is 5.69 Å². The van der Waals surface area contributed by atoms with Crippen molar-refractivity contribution in [3.8, 4) is 0 Å². The number of hydrogen-bond donors (Lipinski definition) is 1. The summed E-state index contributed by atoms with van der Waals surface area (Å²) in [6.07, 6.45) is 8.06. The van der Waals surface area contributed by atoms with Gasteiger partial charge in [0.25, 0.3) is 0 Å². The van der Waals surface area contributed by atoms with Gasteiger partial charge in [-0.2, -0.15) is 0 Å². The highest BCUT2D eigenvalue weighted by Gasteiger charge is 2.38. The SMILES string of the molecule is CSNCC1(c2ccc(N3CCCC(C)C3=O)cc2)CCC1. The number of amides is 1. The smallest absolute Gasteiger partial charge is 0.229 e. The fourth-order valence-electron chi connectivity index (χ4n) is 3.69. The molecular formula is C18H26N2OS. The molecule has 1 unspecified atom stereocenters. The van der Waals surface area contributed by atoms with Crippen LogP contribution >= 0.6 is 11.9 Å². The third-order valence-electron chi connectivity index (χ3n) is 5.36. The topological polar surface area (TPSA) is 32.3 Å². The van der Waals surface area contributed by atoms with Gasteiger partial charge in [0.2, 0.25) is 5.91 Å². The van der Waals surface area contributed by atoms with E-state index in [1.807, 2.05) is 11.8 Å². The number of rotatable bonds is 5. The van der Waals surface area contributed by atoms with Gasteiger partial charge >= 0.3 is 0 Å². The number of hydrogen-bond acceptors (Lipinski definition) is 3. The van der Waals surface area contributed by atoms with Crippen molar-refractivity contribution in [3.05, 3.63) is 29.8 Å². The van der Waals surface area contributed by atoms with Crippen LogP contribution in [0.2, 0.25) is 0 Å². The minimum atomic E-state index is 0.164. The number of nitrogens with zero attached hydrogens (tertiary/aromatic N) is 1. The van der Waals surface area contributed by atoms with Crippen LogP contribution in [0.25, 0.3) is 0 Å². The first-order valence-corrected chi connectivity index (χ1v) is 9.56. The van der Waals surface area contributed by atoms with Gasteiger partial charge in [-0.15, -0.1) is 0 Å². The molecule has 0 bridgehead atoms. The van der Waals surface area contributed by atoms with E-state index in [-0.39, 0.29) is 11.8 Å². The Bertz CT molecular complexity index is 524. The zero-order valence-corrected chi connectivity index (χ0v) is 14.4. The summed E-state index contributed by atoms with van der Waals surface area (Å²) in [5.74, 6) is 0.443. The summed E-state index contributed by atoms with van der Waals surface area (Å²) >= 11 is 1.70. The molecule has 4 heteroatoms. The summed E-state index contributed by atoms with van der Waals surface area (Å²) < 4.78 is 3.43. The largest absolute Gasteiger partial charge is 0.312 e. The lowest BCUT2D eigenvalue weighted by Crippen LogP contribution is -2.42. The lowest BCUT2D eigenvalue weighted by atomic mass is 9.64. The highest BCUT2D eigenvalue weighted by atomic mass is 32.2. The fourth-order valence-corrected chi connectivity index (χ4v) is 4.11. The van der Waals surface area contributed by atoms with Gasteiger partial charge in [-0.1, -0.05) is 37.4 Å². The first-order valence-electron chi connectivity index (χ1n) is 8.34. The van der Waals surface area contributed by atoms with Crippen LogP contribution in [-0.4, -0.2) is 25.3 Å². The maximum atomic E-state index is 12.3. The van der Waals surface area contributed by atoms with Crippen LogP contribution in [-0.2, 0) is 10.2 Å². The van der Waals surface area contributed by atoms with Crippen LogP contribution in [0.3, 0.4) is 0 Å². The highest BCUT2D eigenvalue weighted by Crippen LogP contribution is 2.44. The monoisotopic (exact) mass is 318 g/mol. The lowest BCUT2D eigenvalue weighted by molar-refractivity contribution is -0.123. The summed E-state index contributed by atoms with van der Waals surface area (Å²) in [4.78, 5) is 14.3. The number of anilines is 1. The Morgan fingerprint density at radius 3 is 2.59 bits per heavy atom. The van der Waals surface area contributed by atoms with Gasteiger partial charge in [0.05, 0.1) is 0 Å². The van der Waals surface area contributed by atoms with Gasteiger partial charge in [0.15, 0.2) is 0 Å². The average Bonchev–Trinajstić information content (AvgIpc) is 2.50. The molecule has 3 nitrogen and oxygen atoms in total. The Labute approximate surface area is 138 Å². The maximum absolute atomic E-state index is 12.3. The summed E-state index contributed by atoms with van der Waals surface area (Å²) in [6, 6.07) is 8.76. The van der Waals surface area contributed by atoms with Crippen molar-refractivity contribution >= 4 is 23.5 Å². The molecule has 1 amide bonds. The highest BCUT2D eigenvalue weighted by molar-refractivity contribution is 7.96. The van der Waals surface area contributed by atoms with Gasteiger partial charge in [-0.3, -0.25) is 9.52 Å². The van der Waals surface area contributed by atoms with Crippen LogP contribution in [0.5, 0.6) is 0 Å². The van der Waals surface area contributed by atoms with Crippen molar-refractivity contribution in [3.63, 3.8) is 0 Å². The molecule has 22 heavy (non-hydrogen) atoms. The molecule has 1 aliphatic heterocycles. The summed E-state index contributed by atoms with van der Waals surface area (Å²) in [5.41, 5.74) is 2.79. The predicted octanol–water partition coefficient (Wildman–Crippen LogP) is 3.74. The first-order chi connectivity index (χ1) is 10.7. The quantitative estimate of drug-likeness (QED) is 0.840. The van der Waals surface area contributed by atoms with E-state index in [0.29, 0.717) is 5.41 Å². The van der Waals surface area contributed by atoms with Crippen molar-refractivity contribution in [1.82, 2.24) is 4.72 Å². The molecule has 1 aromatic rings. The predicted molar refractivity (Wildman–Crippen MR) is 94.2 cm³/mol. The van der Waals surface area contributed by atoms with Gasteiger partial charge in [0.1, 0.15) is 0 Å².